The summed E-state index contributed by atoms with van der Waals surface area (Å²) in [7, 11) is 1.52. The van der Waals surface area contributed by atoms with E-state index in [1.54, 1.807) is 18.2 Å². The lowest BCUT2D eigenvalue weighted by Gasteiger charge is -2.10. The van der Waals surface area contributed by atoms with Gasteiger partial charge in [-0.3, -0.25) is 14.7 Å². The van der Waals surface area contributed by atoms with Crippen molar-refractivity contribution in [3.05, 3.63) is 62.2 Å². The molecule has 0 aliphatic heterocycles. The Morgan fingerprint density at radius 1 is 1.29 bits per heavy atom. The molecule has 0 saturated carbocycles. The summed E-state index contributed by atoms with van der Waals surface area (Å²) in [6.07, 6.45) is 0. The standard InChI is InChI=1S/C15H14N2O4/c1-21-13-5-4-11(3-2-8-18)9-12(13)10-17-15(20)7-6-14(19)16-17/h4-7,9,18H,8,10H2,1H3,(H,16,19). The first-order valence-electron chi connectivity index (χ1n) is 6.21. The zero-order chi connectivity index (χ0) is 15.2. The molecule has 0 aliphatic rings. The minimum Gasteiger partial charge on any atom is -0.496 e. The maximum absolute atomic E-state index is 11.7. The molecule has 6 heteroatoms. The molecule has 0 radical (unpaired) electrons. The van der Waals surface area contributed by atoms with Gasteiger partial charge in [0.05, 0.1) is 13.7 Å². The monoisotopic (exact) mass is 286 g/mol. The van der Waals surface area contributed by atoms with Crippen LogP contribution in [-0.4, -0.2) is 28.6 Å². The summed E-state index contributed by atoms with van der Waals surface area (Å²) in [6, 6.07) is 7.61. The van der Waals surface area contributed by atoms with Crippen molar-refractivity contribution < 1.29 is 9.84 Å². The third kappa shape index (κ3) is 3.61. The van der Waals surface area contributed by atoms with E-state index in [2.05, 4.69) is 16.9 Å². The van der Waals surface area contributed by atoms with Crippen LogP contribution in [-0.2, 0) is 6.54 Å². The predicted octanol–water partition coefficient (Wildman–Crippen LogP) is -0.0627. The highest BCUT2D eigenvalue weighted by Crippen LogP contribution is 2.20. The lowest BCUT2D eigenvalue weighted by molar-refractivity contribution is 0.350. The second-order valence-corrected chi connectivity index (χ2v) is 4.22. The summed E-state index contributed by atoms with van der Waals surface area (Å²) in [5.74, 6) is 5.92. The number of nitrogens with zero attached hydrogens (tertiary/aromatic N) is 1. The van der Waals surface area contributed by atoms with Gasteiger partial charge in [0.1, 0.15) is 12.4 Å². The summed E-state index contributed by atoms with van der Waals surface area (Å²) in [5.41, 5.74) is 0.714. The van der Waals surface area contributed by atoms with Gasteiger partial charge in [-0.25, -0.2) is 4.68 Å². The second-order valence-electron chi connectivity index (χ2n) is 4.22. The van der Waals surface area contributed by atoms with Gasteiger partial charge in [-0.05, 0) is 18.2 Å². The fraction of sp³-hybridized carbons (Fsp3) is 0.200. The molecule has 1 aromatic carbocycles. The van der Waals surface area contributed by atoms with Crippen LogP contribution in [0.2, 0.25) is 0 Å². The van der Waals surface area contributed by atoms with Crippen LogP contribution in [0.25, 0.3) is 0 Å². The summed E-state index contributed by atoms with van der Waals surface area (Å²) < 4.78 is 6.44. The second kappa shape index (κ2) is 6.59. The van der Waals surface area contributed by atoms with Crippen LogP contribution in [0, 0.1) is 11.8 Å². The van der Waals surface area contributed by atoms with Crippen LogP contribution in [0.1, 0.15) is 11.1 Å². The summed E-state index contributed by atoms with van der Waals surface area (Å²) >= 11 is 0. The molecule has 2 rings (SSSR count). The Hall–Kier alpha value is -2.78. The molecule has 0 bridgehead atoms. The number of nitrogens with one attached hydrogen (secondary N) is 1. The van der Waals surface area contributed by atoms with Crippen LogP contribution in [0.5, 0.6) is 5.75 Å². The average Bonchev–Trinajstić information content (AvgIpc) is 2.49. The Balaban J connectivity index is 2.44. The van der Waals surface area contributed by atoms with Crippen molar-refractivity contribution in [3.63, 3.8) is 0 Å². The minimum absolute atomic E-state index is 0.159. The molecule has 1 heterocycles. The van der Waals surface area contributed by atoms with E-state index < -0.39 is 0 Å². The van der Waals surface area contributed by atoms with Gasteiger partial charge in [-0.2, -0.15) is 0 Å². The number of H-pyrrole nitrogens is 1. The van der Waals surface area contributed by atoms with Crippen LogP contribution < -0.4 is 15.9 Å². The van der Waals surface area contributed by atoms with E-state index in [4.69, 9.17) is 9.84 Å². The molecule has 0 fully saturated rings. The maximum atomic E-state index is 11.7. The Bertz CT molecular complexity index is 809. The number of hydrogen-bond donors (Lipinski definition) is 2. The largest absolute Gasteiger partial charge is 0.496 e. The van der Waals surface area contributed by atoms with Gasteiger partial charge in [-0.1, -0.05) is 11.8 Å². The first-order chi connectivity index (χ1) is 10.1. The zero-order valence-corrected chi connectivity index (χ0v) is 11.4. The van der Waals surface area contributed by atoms with Crippen LogP contribution in [0.4, 0.5) is 0 Å². The number of aromatic amines is 1. The Kier molecular flexibility index (Phi) is 4.59. The number of methoxy groups -OCH3 is 1. The lowest BCUT2D eigenvalue weighted by Crippen LogP contribution is -2.28. The topological polar surface area (TPSA) is 84.3 Å². The van der Waals surface area contributed by atoms with Gasteiger partial charge < -0.3 is 9.84 Å². The Morgan fingerprint density at radius 2 is 2.10 bits per heavy atom. The van der Waals surface area contributed by atoms with Crippen LogP contribution in [0.15, 0.2) is 39.9 Å². The van der Waals surface area contributed by atoms with E-state index in [1.165, 1.54) is 23.9 Å². The molecule has 0 saturated heterocycles. The summed E-state index contributed by atoms with van der Waals surface area (Å²) in [6.45, 7) is -0.0699. The number of benzene rings is 1. The molecule has 0 atom stereocenters. The summed E-state index contributed by atoms with van der Waals surface area (Å²) in [5, 5.41) is 11.2. The van der Waals surface area contributed by atoms with Crippen molar-refractivity contribution in [3.8, 4) is 17.6 Å². The number of rotatable bonds is 3. The number of aliphatic hydroxyl groups excluding tert-OH is 1. The summed E-state index contributed by atoms with van der Waals surface area (Å²) in [4.78, 5) is 23.0. The normalized spacial score (nSPS) is 9.81. The van der Waals surface area contributed by atoms with Crippen LogP contribution >= 0.6 is 0 Å². The first kappa shape index (κ1) is 14.6. The van der Waals surface area contributed by atoms with Crippen molar-refractivity contribution >= 4 is 0 Å². The SMILES string of the molecule is COc1ccc(C#CCO)cc1Cn1[nH]c(=O)ccc1=O. The number of aliphatic hydroxyl groups is 1. The van der Waals surface area contributed by atoms with Gasteiger partial charge in [0.25, 0.3) is 11.1 Å². The van der Waals surface area contributed by atoms with E-state index in [0.717, 1.165) is 0 Å². The maximum Gasteiger partial charge on any atom is 0.265 e. The highest BCUT2D eigenvalue weighted by Gasteiger charge is 2.06. The van der Waals surface area contributed by atoms with E-state index >= 15 is 0 Å². The Labute approximate surface area is 120 Å². The molecular weight excluding hydrogens is 272 g/mol. The van der Waals surface area contributed by atoms with Crippen molar-refractivity contribution in [2.75, 3.05) is 13.7 Å². The predicted molar refractivity (Wildman–Crippen MR) is 77.4 cm³/mol. The van der Waals surface area contributed by atoms with Crippen molar-refractivity contribution in [2.45, 2.75) is 6.54 Å². The molecule has 2 aromatic rings. The van der Waals surface area contributed by atoms with Gasteiger partial charge in [0.15, 0.2) is 0 Å². The van der Waals surface area contributed by atoms with E-state index in [9.17, 15) is 9.59 Å². The molecule has 0 amide bonds. The van der Waals surface area contributed by atoms with E-state index in [-0.39, 0.29) is 24.3 Å². The van der Waals surface area contributed by atoms with Crippen LogP contribution in [0.3, 0.4) is 0 Å². The van der Waals surface area contributed by atoms with Gasteiger partial charge in [-0.15, -0.1) is 0 Å². The smallest absolute Gasteiger partial charge is 0.265 e. The Morgan fingerprint density at radius 3 is 2.81 bits per heavy atom. The lowest BCUT2D eigenvalue weighted by atomic mass is 10.1. The minimum atomic E-state index is -0.357. The third-order valence-electron chi connectivity index (χ3n) is 2.81. The molecule has 6 nitrogen and oxygen atoms in total. The van der Waals surface area contributed by atoms with Crippen molar-refractivity contribution in [2.24, 2.45) is 0 Å². The number of ether oxygens (including phenoxy) is 1. The quantitative estimate of drug-likeness (QED) is 0.774. The highest BCUT2D eigenvalue weighted by molar-refractivity contribution is 5.44. The highest BCUT2D eigenvalue weighted by atomic mass is 16.5. The fourth-order valence-corrected chi connectivity index (χ4v) is 1.87. The first-order valence-corrected chi connectivity index (χ1v) is 6.21. The van der Waals surface area contributed by atoms with Gasteiger partial charge in [0.2, 0.25) is 0 Å². The molecule has 0 aliphatic carbocycles. The molecular formula is C15H14N2O4. The molecule has 1 aromatic heterocycles. The molecule has 0 spiro atoms. The number of hydrogen-bond acceptors (Lipinski definition) is 4. The van der Waals surface area contributed by atoms with Crippen molar-refractivity contribution in [1.29, 1.82) is 0 Å². The average molecular weight is 286 g/mol. The van der Waals surface area contributed by atoms with Gasteiger partial charge in [0, 0.05) is 23.3 Å². The third-order valence-corrected chi connectivity index (χ3v) is 2.81. The molecule has 108 valence electrons. The fourth-order valence-electron chi connectivity index (χ4n) is 1.87. The van der Waals surface area contributed by atoms with Crippen molar-refractivity contribution in [1.82, 2.24) is 9.78 Å². The zero-order valence-electron chi connectivity index (χ0n) is 11.4. The number of aromatic nitrogens is 2. The molecule has 0 unspecified atom stereocenters. The van der Waals surface area contributed by atoms with Gasteiger partial charge >= 0.3 is 0 Å². The molecule has 2 N–H and O–H groups in total. The van der Waals surface area contributed by atoms with E-state index in [1.807, 2.05) is 0 Å². The van der Waals surface area contributed by atoms with E-state index in [0.29, 0.717) is 16.9 Å². The molecule has 21 heavy (non-hydrogen) atoms.